The fraction of sp³-hybridized carbons (Fsp3) is 0.292. The van der Waals surface area contributed by atoms with E-state index in [1.165, 1.54) is 22.5 Å². The predicted molar refractivity (Wildman–Crippen MR) is 130 cm³/mol. The van der Waals surface area contributed by atoms with Crippen LogP contribution >= 0.6 is 22.9 Å². The Balaban J connectivity index is 1.34. The van der Waals surface area contributed by atoms with E-state index < -0.39 is 0 Å². The second-order valence-corrected chi connectivity index (χ2v) is 9.15. The molecule has 0 spiro atoms. The number of fused-ring (bicyclic) bond motifs is 1. The molecule has 8 heteroatoms. The minimum Gasteiger partial charge on any atom is -0.494 e. The zero-order valence-electron chi connectivity index (χ0n) is 18.5. The van der Waals surface area contributed by atoms with E-state index in [0.717, 1.165) is 38.1 Å². The van der Waals surface area contributed by atoms with Crippen molar-refractivity contribution in [3.8, 4) is 17.0 Å². The van der Waals surface area contributed by atoms with Crippen molar-refractivity contribution in [2.24, 2.45) is 0 Å². The molecule has 0 atom stereocenters. The molecule has 0 aliphatic carbocycles. The van der Waals surface area contributed by atoms with Crippen molar-refractivity contribution in [2.45, 2.75) is 40.5 Å². The lowest BCUT2D eigenvalue weighted by molar-refractivity contribution is -0.116. The van der Waals surface area contributed by atoms with Crippen LogP contribution in [0.3, 0.4) is 0 Å². The number of rotatable bonds is 7. The van der Waals surface area contributed by atoms with E-state index in [-0.39, 0.29) is 5.91 Å². The summed E-state index contributed by atoms with van der Waals surface area (Å²) in [6, 6.07) is 10.1. The first-order valence-corrected chi connectivity index (χ1v) is 11.7. The summed E-state index contributed by atoms with van der Waals surface area (Å²) in [4.78, 5) is 17.5. The average Bonchev–Trinajstić information content (AvgIpc) is 3.30. The van der Waals surface area contributed by atoms with Gasteiger partial charge in [0.15, 0.2) is 0 Å². The summed E-state index contributed by atoms with van der Waals surface area (Å²) in [5, 5.41) is 10.1. The highest BCUT2D eigenvalue weighted by Gasteiger charge is 2.14. The van der Waals surface area contributed by atoms with Gasteiger partial charge in [0.25, 0.3) is 0 Å². The molecule has 0 bridgehead atoms. The van der Waals surface area contributed by atoms with Crippen molar-refractivity contribution >= 4 is 39.8 Å². The van der Waals surface area contributed by atoms with Gasteiger partial charge in [-0.25, -0.2) is 4.52 Å². The molecule has 4 aromatic rings. The van der Waals surface area contributed by atoms with Crippen LogP contribution in [0.4, 0.5) is 5.95 Å². The van der Waals surface area contributed by atoms with E-state index >= 15 is 0 Å². The largest absolute Gasteiger partial charge is 0.494 e. The maximum atomic E-state index is 12.4. The van der Waals surface area contributed by atoms with Gasteiger partial charge in [-0.2, -0.15) is 4.98 Å². The first kappa shape index (κ1) is 22.3. The Morgan fingerprint density at radius 3 is 2.59 bits per heavy atom. The third-order valence-electron chi connectivity index (χ3n) is 5.22. The number of aryl methyl sites for hydroxylation is 4. The van der Waals surface area contributed by atoms with Gasteiger partial charge in [0.2, 0.25) is 16.8 Å². The van der Waals surface area contributed by atoms with Crippen molar-refractivity contribution in [1.82, 2.24) is 14.6 Å². The van der Waals surface area contributed by atoms with Gasteiger partial charge < -0.3 is 4.74 Å². The summed E-state index contributed by atoms with van der Waals surface area (Å²) in [6.07, 6.45) is 0.908. The molecule has 0 radical (unpaired) electrons. The lowest BCUT2D eigenvalue weighted by Gasteiger charge is -2.09. The number of hydrogen-bond acceptors (Lipinski definition) is 5. The molecule has 0 saturated carbocycles. The highest BCUT2D eigenvalue weighted by Crippen LogP contribution is 2.29. The van der Waals surface area contributed by atoms with Crippen LogP contribution in [0.15, 0.2) is 35.7 Å². The molecule has 2 aromatic carbocycles. The molecule has 32 heavy (non-hydrogen) atoms. The second kappa shape index (κ2) is 9.30. The van der Waals surface area contributed by atoms with Crippen LogP contribution in [0.2, 0.25) is 5.02 Å². The third-order valence-corrected chi connectivity index (χ3v) is 6.63. The minimum absolute atomic E-state index is 0.136. The summed E-state index contributed by atoms with van der Waals surface area (Å²) in [5.41, 5.74) is 6.43. The van der Waals surface area contributed by atoms with E-state index in [1.807, 2.05) is 31.4 Å². The van der Waals surface area contributed by atoms with Gasteiger partial charge in [-0.3, -0.25) is 10.1 Å². The number of nitrogens with zero attached hydrogens (tertiary/aromatic N) is 3. The van der Waals surface area contributed by atoms with E-state index in [9.17, 15) is 4.79 Å². The standard InChI is InChI=1S/C24H25ClN4O2S/c1-14-7-8-19(15(2)10-14)20-13-32-24-27-23(28-29(20)24)26-21(30)6-5-9-31-18-11-16(3)22(25)17(4)12-18/h7-8,10-13H,5-6,9H2,1-4H3,(H,26,28,30). The van der Waals surface area contributed by atoms with Crippen LogP contribution < -0.4 is 10.1 Å². The molecule has 1 N–H and O–H groups in total. The molecular weight excluding hydrogens is 444 g/mol. The molecule has 6 nitrogen and oxygen atoms in total. The Labute approximate surface area is 196 Å². The lowest BCUT2D eigenvalue weighted by atomic mass is 10.0. The van der Waals surface area contributed by atoms with Crippen LogP contribution in [0.5, 0.6) is 5.75 Å². The SMILES string of the molecule is Cc1ccc(-c2csc3nc(NC(=O)CCCOc4cc(C)c(Cl)c(C)c4)nn23)c(C)c1. The highest BCUT2D eigenvalue weighted by molar-refractivity contribution is 7.15. The number of aromatic nitrogens is 3. The van der Waals surface area contributed by atoms with Gasteiger partial charge in [-0.05, 0) is 62.9 Å². The van der Waals surface area contributed by atoms with Crippen molar-refractivity contribution in [2.75, 3.05) is 11.9 Å². The Hall–Kier alpha value is -2.90. The number of nitrogens with one attached hydrogen (secondary N) is 1. The summed E-state index contributed by atoms with van der Waals surface area (Å²) in [5.74, 6) is 0.945. The number of benzene rings is 2. The fourth-order valence-corrected chi connectivity index (χ4v) is 4.55. The zero-order chi connectivity index (χ0) is 22.8. The Bertz CT molecular complexity index is 1270. The monoisotopic (exact) mass is 468 g/mol. The van der Waals surface area contributed by atoms with Crippen molar-refractivity contribution < 1.29 is 9.53 Å². The Morgan fingerprint density at radius 1 is 1.12 bits per heavy atom. The van der Waals surface area contributed by atoms with Crippen LogP contribution in [-0.4, -0.2) is 27.1 Å². The first-order valence-electron chi connectivity index (χ1n) is 10.4. The molecule has 0 aliphatic rings. The van der Waals surface area contributed by atoms with Gasteiger partial charge in [0.1, 0.15) is 5.75 Å². The van der Waals surface area contributed by atoms with Gasteiger partial charge in [0.05, 0.1) is 12.3 Å². The molecule has 166 valence electrons. The molecule has 0 unspecified atom stereocenters. The molecule has 2 heterocycles. The van der Waals surface area contributed by atoms with E-state index in [0.29, 0.717) is 25.4 Å². The zero-order valence-corrected chi connectivity index (χ0v) is 20.1. The van der Waals surface area contributed by atoms with Crippen LogP contribution in [0.25, 0.3) is 16.2 Å². The van der Waals surface area contributed by atoms with Gasteiger partial charge in [0, 0.05) is 22.4 Å². The number of carbonyl (C=O) groups is 1. The van der Waals surface area contributed by atoms with Crippen molar-refractivity contribution in [1.29, 1.82) is 0 Å². The maximum absolute atomic E-state index is 12.4. The van der Waals surface area contributed by atoms with Gasteiger partial charge >= 0.3 is 0 Å². The molecule has 0 saturated heterocycles. The summed E-state index contributed by atoms with van der Waals surface area (Å²) in [7, 11) is 0. The number of amides is 1. The Morgan fingerprint density at radius 2 is 1.88 bits per heavy atom. The first-order chi connectivity index (χ1) is 15.3. The number of thiazole rings is 1. The molecule has 0 fully saturated rings. The molecule has 1 amide bonds. The summed E-state index contributed by atoms with van der Waals surface area (Å²) < 4.78 is 7.55. The molecular formula is C24H25ClN4O2S. The molecule has 2 aromatic heterocycles. The third kappa shape index (κ3) is 4.79. The molecule has 0 aliphatic heterocycles. The number of anilines is 1. The van der Waals surface area contributed by atoms with E-state index in [4.69, 9.17) is 16.3 Å². The number of carbonyl (C=O) groups excluding carboxylic acids is 1. The van der Waals surface area contributed by atoms with E-state index in [1.54, 1.807) is 4.52 Å². The Kier molecular flexibility index (Phi) is 6.48. The quantitative estimate of drug-likeness (QED) is 0.330. The maximum Gasteiger partial charge on any atom is 0.250 e. The van der Waals surface area contributed by atoms with Crippen LogP contribution in [-0.2, 0) is 4.79 Å². The lowest BCUT2D eigenvalue weighted by Crippen LogP contribution is -2.14. The summed E-state index contributed by atoms with van der Waals surface area (Å²) >= 11 is 7.69. The normalized spacial score (nSPS) is 11.2. The van der Waals surface area contributed by atoms with Crippen LogP contribution in [0, 0.1) is 27.7 Å². The topological polar surface area (TPSA) is 68.5 Å². The highest BCUT2D eigenvalue weighted by atomic mass is 35.5. The average molecular weight is 469 g/mol. The van der Waals surface area contributed by atoms with Gasteiger partial charge in [-0.1, -0.05) is 35.4 Å². The summed E-state index contributed by atoms with van der Waals surface area (Å²) in [6.45, 7) is 8.50. The minimum atomic E-state index is -0.136. The van der Waals surface area contributed by atoms with E-state index in [2.05, 4.69) is 47.4 Å². The number of hydrogen-bond donors (Lipinski definition) is 1. The van der Waals surface area contributed by atoms with Crippen LogP contribution in [0.1, 0.15) is 35.1 Å². The molecule has 4 rings (SSSR count). The predicted octanol–water partition coefficient (Wildman–Crippen LogP) is 6.14. The fourth-order valence-electron chi connectivity index (χ4n) is 3.62. The van der Waals surface area contributed by atoms with Crippen molar-refractivity contribution in [3.05, 3.63) is 63.0 Å². The second-order valence-electron chi connectivity index (χ2n) is 7.94. The van der Waals surface area contributed by atoms with Crippen molar-refractivity contribution in [3.63, 3.8) is 0 Å². The smallest absolute Gasteiger partial charge is 0.250 e. The number of ether oxygens (including phenoxy) is 1. The number of halogens is 1. The van der Waals surface area contributed by atoms with Gasteiger partial charge in [-0.15, -0.1) is 16.4 Å².